The number of nitrogens with zero attached hydrogens (tertiary/aromatic N) is 6. The molecule has 0 saturated carbocycles. The molecule has 0 atom stereocenters. The molecule has 3 N–H and O–H groups in total. The Morgan fingerprint density at radius 1 is 1.18 bits per heavy atom. The fourth-order valence-electron chi connectivity index (χ4n) is 3.23. The molecule has 9 nitrogen and oxygen atoms in total. The Kier molecular flexibility index (Phi) is 5.52. The summed E-state index contributed by atoms with van der Waals surface area (Å²) < 4.78 is 7.32. The Morgan fingerprint density at radius 2 is 2.04 bits per heavy atom. The van der Waals surface area contributed by atoms with E-state index in [0.717, 1.165) is 56.1 Å². The van der Waals surface area contributed by atoms with Gasteiger partial charge >= 0.3 is 6.01 Å². The van der Waals surface area contributed by atoms with Gasteiger partial charge in [-0.25, -0.2) is 9.50 Å². The molecule has 0 spiro atoms. The van der Waals surface area contributed by atoms with Crippen LogP contribution in [0.1, 0.15) is 31.2 Å². The van der Waals surface area contributed by atoms with Crippen molar-refractivity contribution in [1.29, 1.82) is 0 Å². The van der Waals surface area contributed by atoms with Crippen molar-refractivity contribution in [3.63, 3.8) is 0 Å². The number of piperazine rings is 1. The van der Waals surface area contributed by atoms with Crippen LogP contribution in [0.3, 0.4) is 0 Å². The Morgan fingerprint density at radius 3 is 2.79 bits per heavy atom. The van der Waals surface area contributed by atoms with Crippen LogP contribution < -0.4 is 20.7 Å². The minimum atomic E-state index is 0.278. The average Bonchev–Trinajstić information content (AvgIpc) is 3.13. The van der Waals surface area contributed by atoms with E-state index in [9.17, 15) is 0 Å². The Bertz CT molecular complexity index is 918. The van der Waals surface area contributed by atoms with Gasteiger partial charge in [0.05, 0.1) is 30.4 Å². The van der Waals surface area contributed by atoms with Gasteiger partial charge in [0.1, 0.15) is 0 Å². The number of unbranched alkanes of at least 4 members (excludes halogenated alkanes) is 1. The Hall–Kier alpha value is -2.94. The van der Waals surface area contributed by atoms with Crippen LogP contribution in [0.5, 0.6) is 6.01 Å². The number of aromatic nitrogens is 5. The van der Waals surface area contributed by atoms with E-state index in [1.165, 1.54) is 0 Å². The first kappa shape index (κ1) is 18.4. The van der Waals surface area contributed by atoms with Crippen LogP contribution >= 0.6 is 0 Å². The lowest BCUT2D eigenvalue weighted by Gasteiger charge is -2.29. The quantitative estimate of drug-likeness (QED) is 0.589. The van der Waals surface area contributed by atoms with Gasteiger partial charge in [0.25, 0.3) is 0 Å². The van der Waals surface area contributed by atoms with Crippen LogP contribution in [0.2, 0.25) is 0 Å². The number of imidazole rings is 1. The van der Waals surface area contributed by atoms with Crippen molar-refractivity contribution < 1.29 is 4.74 Å². The van der Waals surface area contributed by atoms with Gasteiger partial charge in [-0.05, 0) is 18.6 Å². The topological polar surface area (TPSA) is 106 Å². The summed E-state index contributed by atoms with van der Waals surface area (Å²) in [5.74, 6) is 0.315. The van der Waals surface area contributed by atoms with E-state index in [-0.39, 0.29) is 6.01 Å². The molecule has 0 amide bonds. The van der Waals surface area contributed by atoms with E-state index in [4.69, 9.17) is 10.5 Å². The first-order chi connectivity index (χ1) is 13.7. The van der Waals surface area contributed by atoms with Crippen LogP contribution in [-0.4, -0.2) is 57.4 Å². The van der Waals surface area contributed by atoms with E-state index >= 15 is 0 Å². The highest BCUT2D eigenvalue weighted by Crippen LogP contribution is 2.18. The standard InChI is InChI=1S/C19H26N8O/c1-2-3-10-28-19-24-17(20)18-23-13-16(27(18)25-19)11-14-4-5-15(12-22-14)26-8-6-21-7-9-26/h4-5,12-13,21H,2-3,6-11H2,1H3,(H2,20,24,25). The predicted molar refractivity (Wildman–Crippen MR) is 108 cm³/mol. The zero-order valence-electron chi connectivity index (χ0n) is 16.1. The second-order valence-corrected chi connectivity index (χ2v) is 6.89. The van der Waals surface area contributed by atoms with Gasteiger partial charge in [0.2, 0.25) is 0 Å². The van der Waals surface area contributed by atoms with Crippen LogP contribution in [-0.2, 0) is 6.42 Å². The molecule has 4 rings (SSSR count). The summed E-state index contributed by atoms with van der Waals surface area (Å²) in [6.07, 6.45) is 6.30. The highest BCUT2D eigenvalue weighted by atomic mass is 16.5. The summed E-state index contributed by atoms with van der Waals surface area (Å²) in [5.41, 5.74) is 9.57. The molecule has 3 aromatic rings. The van der Waals surface area contributed by atoms with Gasteiger partial charge < -0.3 is 20.7 Å². The third kappa shape index (κ3) is 3.99. The molecule has 0 aliphatic carbocycles. The van der Waals surface area contributed by atoms with Crippen molar-refractivity contribution in [3.05, 3.63) is 35.9 Å². The van der Waals surface area contributed by atoms with Crippen molar-refractivity contribution in [3.8, 4) is 6.01 Å². The van der Waals surface area contributed by atoms with E-state index in [1.807, 2.05) is 6.20 Å². The lowest BCUT2D eigenvalue weighted by Crippen LogP contribution is -2.43. The molecule has 1 aliphatic rings. The zero-order valence-corrected chi connectivity index (χ0v) is 16.1. The first-order valence-electron chi connectivity index (χ1n) is 9.78. The number of rotatable bonds is 7. The normalized spacial score (nSPS) is 14.5. The largest absolute Gasteiger partial charge is 0.462 e. The molecule has 148 valence electrons. The zero-order chi connectivity index (χ0) is 19.3. The molecule has 0 bridgehead atoms. The van der Waals surface area contributed by atoms with Crippen molar-refractivity contribution in [2.75, 3.05) is 43.4 Å². The Labute approximate surface area is 163 Å². The smallest absolute Gasteiger partial charge is 0.336 e. The van der Waals surface area contributed by atoms with Crippen LogP contribution in [0.25, 0.3) is 5.65 Å². The molecule has 0 unspecified atom stereocenters. The fraction of sp³-hybridized carbons (Fsp3) is 0.474. The van der Waals surface area contributed by atoms with Gasteiger partial charge in [-0.2, -0.15) is 4.98 Å². The van der Waals surface area contributed by atoms with Crippen molar-refractivity contribution in [1.82, 2.24) is 29.9 Å². The number of pyridine rings is 1. The molecule has 9 heteroatoms. The number of hydrogen-bond donors (Lipinski definition) is 2. The number of hydrogen-bond acceptors (Lipinski definition) is 8. The van der Waals surface area contributed by atoms with Gasteiger partial charge in [0.15, 0.2) is 11.5 Å². The van der Waals surface area contributed by atoms with E-state index < -0.39 is 0 Å². The summed E-state index contributed by atoms with van der Waals surface area (Å²) >= 11 is 0. The number of fused-ring (bicyclic) bond motifs is 1. The molecular formula is C19H26N8O. The molecule has 0 aromatic carbocycles. The number of nitrogen functional groups attached to an aromatic ring is 1. The minimum Gasteiger partial charge on any atom is -0.462 e. The predicted octanol–water partition coefficient (Wildman–Crippen LogP) is 1.28. The van der Waals surface area contributed by atoms with Gasteiger partial charge in [-0.15, -0.1) is 5.10 Å². The monoisotopic (exact) mass is 382 g/mol. The molecule has 3 aromatic heterocycles. The van der Waals surface area contributed by atoms with Crippen molar-refractivity contribution in [2.45, 2.75) is 26.2 Å². The van der Waals surface area contributed by atoms with Crippen LogP contribution in [0.15, 0.2) is 24.5 Å². The van der Waals surface area contributed by atoms with Crippen molar-refractivity contribution >= 4 is 17.2 Å². The molecular weight excluding hydrogens is 356 g/mol. The second kappa shape index (κ2) is 8.39. The lowest BCUT2D eigenvalue weighted by molar-refractivity contribution is 0.280. The SMILES string of the molecule is CCCCOc1nc(N)c2ncc(Cc3ccc(N4CCNCC4)cn3)n2n1. The number of nitrogens with two attached hydrogens (primary N) is 1. The fourth-order valence-corrected chi connectivity index (χ4v) is 3.23. The van der Waals surface area contributed by atoms with E-state index in [0.29, 0.717) is 24.5 Å². The van der Waals surface area contributed by atoms with E-state index in [1.54, 1.807) is 10.7 Å². The first-order valence-corrected chi connectivity index (χ1v) is 9.78. The molecule has 1 fully saturated rings. The highest BCUT2D eigenvalue weighted by molar-refractivity contribution is 5.59. The summed E-state index contributed by atoms with van der Waals surface area (Å²) in [6.45, 7) is 6.70. The maximum absolute atomic E-state index is 6.03. The third-order valence-corrected chi connectivity index (χ3v) is 4.82. The summed E-state index contributed by atoms with van der Waals surface area (Å²) in [5, 5.41) is 7.82. The summed E-state index contributed by atoms with van der Waals surface area (Å²) in [4.78, 5) is 15.5. The molecule has 0 radical (unpaired) electrons. The Balaban J connectivity index is 1.52. The highest BCUT2D eigenvalue weighted by Gasteiger charge is 2.14. The van der Waals surface area contributed by atoms with Crippen molar-refractivity contribution in [2.24, 2.45) is 0 Å². The molecule has 1 aliphatic heterocycles. The van der Waals surface area contributed by atoms with Gasteiger partial charge in [-0.1, -0.05) is 13.3 Å². The van der Waals surface area contributed by atoms with E-state index in [2.05, 4.69) is 49.3 Å². The van der Waals surface area contributed by atoms with Crippen LogP contribution in [0.4, 0.5) is 11.5 Å². The summed E-state index contributed by atoms with van der Waals surface area (Å²) in [7, 11) is 0. The minimum absolute atomic E-state index is 0.278. The van der Waals surface area contributed by atoms with Crippen LogP contribution in [0, 0.1) is 0 Å². The average molecular weight is 382 g/mol. The number of anilines is 2. The molecule has 28 heavy (non-hydrogen) atoms. The molecule has 4 heterocycles. The van der Waals surface area contributed by atoms with Gasteiger partial charge in [0, 0.05) is 38.3 Å². The van der Waals surface area contributed by atoms with Gasteiger partial charge in [-0.3, -0.25) is 4.98 Å². The second-order valence-electron chi connectivity index (χ2n) is 6.89. The maximum atomic E-state index is 6.03. The number of nitrogens with one attached hydrogen (secondary N) is 1. The summed E-state index contributed by atoms with van der Waals surface area (Å²) in [6, 6.07) is 4.46. The molecule has 1 saturated heterocycles. The lowest BCUT2D eigenvalue weighted by atomic mass is 10.2. The number of ether oxygens (including phenoxy) is 1. The maximum Gasteiger partial charge on any atom is 0.336 e. The third-order valence-electron chi connectivity index (χ3n) is 4.82.